The van der Waals surface area contributed by atoms with E-state index < -0.39 is 5.82 Å². The average Bonchev–Trinajstić information content (AvgIpc) is 2.85. The van der Waals surface area contributed by atoms with E-state index in [4.69, 9.17) is 16.3 Å². The van der Waals surface area contributed by atoms with Crippen LogP contribution in [0, 0.1) is 12.7 Å². The van der Waals surface area contributed by atoms with Crippen molar-refractivity contribution in [3.05, 3.63) is 94.0 Å². The number of nitrogens with one attached hydrogen (secondary N) is 1. The van der Waals surface area contributed by atoms with Crippen LogP contribution in [-0.4, -0.2) is 24.2 Å². The molecule has 0 aliphatic carbocycles. The third-order valence-electron chi connectivity index (χ3n) is 4.80. The highest BCUT2D eigenvalue weighted by molar-refractivity contribution is 6.30. The minimum Gasteiger partial charge on any atom is -0.457 e. The lowest BCUT2D eigenvalue weighted by atomic mass is 10.1. The summed E-state index contributed by atoms with van der Waals surface area (Å²) in [6.45, 7) is 7.91. The number of aromatic nitrogens is 1. The van der Waals surface area contributed by atoms with Crippen LogP contribution in [0.4, 0.5) is 4.39 Å². The Kier molecular flexibility index (Phi) is 10.4. The van der Waals surface area contributed by atoms with Crippen LogP contribution in [-0.2, 0) is 6.54 Å². The molecule has 34 heavy (non-hydrogen) atoms. The second kappa shape index (κ2) is 13.3. The van der Waals surface area contributed by atoms with Gasteiger partial charge in [-0.1, -0.05) is 43.7 Å². The van der Waals surface area contributed by atoms with Crippen molar-refractivity contribution in [2.75, 3.05) is 7.05 Å². The number of aliphatic imine (C=N–C) groups is 1. The largest absolute Gasteiger partial charge is 0.457 e. The lowest BCUT2D eigenvalue weighted by Crippen LogP contribution is -2.23. The molecule has 0 aliphatic rings. The molecule has 1 heterocycles. The van der Waals surface area contributed by atoms with Gasteiger partial charge in [0.25, 0.3) is 5.91 Å². The van der Waals surface area contributed by atoms with E-state index in [-0.39, 0.29) is 17.5 Å². The average molecular weight is 482 g/mol. The molecule has 0 saturated heterocycles. The van der Waals surface area contributed by atoms with Crippen LogP contribution in [0.5, 0.6) is 11.5 Å². The van der Waals surface area contributed by atoms with Gasteiger partial charge < -0.3 is 10.1 Å². The smallest absolute Gasteiger partial charge is 0.251 e. The topological polar surface area (TPSA) is 63.6 Å². The van der Waals surface area contributed by atoms with Crippen molar-refractivity contribution in [3.63, 3.8) is 0 Å². The number of allylic oxidation sites excluding steroid dienone is 2. The second-order valence-electron chi connectivity index (χ2n) is 6.97. The van der Waals surface area contributed by atoms with E-state index in [9.17, 15) is 9.18 Å². The van der Waals surface area contributed by atoms with Crippen LogP contribution in [0.15, 0.2) is 65.8 Å². The number of amides is 1. The van der Waals surface area contributed by atoms with Crippen LogP contribution in [0.2, 0.25) is 5.02 Å². The van der Waals surface area contributed by atoms with Gasteiger partial charge in [-0.15, -0.1) is 0 Å². The minimum absolute atomic E-state index is 0.0450. The van der Waals surface area contributed by atoms with Gasteiger partial charge in [-0.3, -0.25) is 14.8 Å². The van der Waals surface area contributed by atoms with E-state index in [2.05, 4.69) is 15.3 Å². The number of rotatable bonds is 7. The van der Waals surface area contributed by atoms with Crippen LogP contribution in [0.1, 0.15) is 48.0 Å². The summed E-state index contributed by atoms with van der Waals surface area (Å²) in [7, 11) is 1.70. The summed E-state index contributed by atoms with van der Waals surface area (Å²) in [6.07, 6.45) is 5.31. The maximum Gasteiger partial charge on any atom is 0.251 e. The van der Waals surface area contributed by atoms with Crippen molar-refractivity contribution in [2.45, 2.75) is 34.2 Å². The van der Waals surface area contributed by atoms with Gasteiger partial charge in [-0.2, -0.15) is 0 Å². The van der Waals surface area contributed by atoms with Gasteiger partial charge in [0.15, 0.2) is 0 Å². The zero-order valence-electron chi connectivity index (χ0n) is 20.0. The fraction of sp³-hybridized carbons (Fsp3) is 0.222. The van der Waals surface area contributed by atoms with Gasteiger partial charge in [-0.25, -0.2) is 4.39 Å². The van der Waals surface area contributed by atoms with Crippen molar-refractivity contribution < 1.29 is 13.9 Å². The van der Waals surface area contributed by atoms with Crippen molar-refractivity contribution in [2.24, 2.45) is 4.99 Å². The van der Waals surface area contributed by atoms with Crippen LogP contribution >= 0.6 is 11.6 Å². The Bertz CT molecular complexity index is 1190. The first-order valence-corrected chi connectivity index (χ1v) is 11.3. The molecule has 3 aromatic rings. The van der Waals surface area contributed by atoms with Crippen molar-refractivity contribution in [1.82, 2.24) is 10.3 Å². The molecular weight excluding hydrogens is 453 g/mol. The Hall–Kier alpha value is -3.51. The minimum atomic E-state index is -0.520. The number of carbonyl (C=O) groups is 1. The van der Waals surface area contributed by atoms with E-state index in [1.165, 1.54) is 12.1 Å². The quantitative estimate of drug-likeness (QED) is 0.368. The number of ether oxygens (including phenoxy) is 1. The molecule has 2 aromatic carbocycles. The highest BCUT2D eigenvalue weighted by atomic mass is 35.5. The Morgan fingerprint density at radius 3 is 2.65 bits per heavy atom. The molecule has 5 nitrogen and oxygen atoms in total. The molecule has 0 bridgehead atoms. The van der Waals surface area contributed by atoms with E-state index in [1.807, 2.05) is 39.8 Å². The molecule has 0 saturated carbocycles. The Labute approximate surface area is 205 Å². The summed E-state index contributed by atoms with van der Waals surface area (Å²) >= 11 is 5.71. The lowest BCUT2D eigenvalue weighted by Gasteiger charge is -2.13. The number of hydrogen-bond donors (Lipinski definition) is 1. The molecule has 0 atom stereocenters. The number of benzene rings is 2. The van der Waals surface area contributed by atoms with Crippen LogP contribution < -0.4 is 10.1 Å². The molecule has 0 fully saturated rings. The maximum atomic E-state index is 13.6. The molecular formula is C27H29ClFN3O2. The normalized spacial score (nSPS) is 11.1. The fourth-order valence-electron chi connectivity index (χ4n) is 3.09. The van der Waals surface area contributed by atoms with Gasteiger partial charge in [-0.05, 0) is 49.7 Å². The highest BCUT2D eigenvalue weighted by Gasteiger charge is 2.14. The third-order valence-corrected chi connectivity index (χ3v) is 5.11. The fourth-order valence-corrected chi connectivity index (χ4v) is 3.20. The van der Waals surface area contributed by atoms with Gasteiger partial charge >= 0.3 is 0 Å². The second-order valence-corrected chi connectivity index (χ2v) is 7.38. The van der Waals surface area contributed by atoms with Crippen LogP contribution in [0.25, 0.3) is 5.57 Å². The summed E-state index contributed by atoms with van der Waals surface area (Å²) in [5.41, 5.74) is 3.38. The first kappa shape index (κ1) is 26.7. The standard InChI is InChI=1S/C25H23ClFN3O2.C2H6/c1-4-18(15-28-3)23-13-19(10-11-29-23)32-24-7-5-6-20(16(24)2)25(31)30-14-17-8-9-21(26)22(27)12-17;1-2/h4-13,15H,14H2,1-3H3,(H,30,31);1-2H3/b18-4+,28-15?;. The summed E-state index contributed by atoms with van der Waals surface area (Å²) < 4.78 is 19.7. The Morgan fingerprint density at radius 2 is 1.97 bits per heavy atom. The van der Waals surface area contributed by atoms with E-state index in [1.54, 1.807) is 49.8 Å². The molecule has 0 spiro atoms. The lowest BCUT2D eigenvalue weighted by molar-refractivity contribution is 0.0950. The predicted octanol–water partition coefficient (Wildman–Crippen LogP) is 7.03. The molecule has 3 rings (SSSR count). The van der Waals surface area contributed by atoms with Gasteiger partial charge in [0, 0.05) is 48.8 Å². The first-order valence-electron chi connectivity index (χ1n) is 11.0. The molecule has 1 aromatic heterocycles. The molecule has 7 heteroatoms. The molecule has 0 unspecified atom stereocenters. The monoisotopic (exact) mass is 481 g/mol. The molecule has 1 amide bonds. The van der Waals surface area contributed by atoms with Crippen molar-refractivity contribution >= 4 is 29.3 Å². The highest BCUT2D eigenvalue weighted by Crippen LogP contribution is 2.28. The molecule has 0 aliphatic heterocycles. The third kappa shape index (κ3) is 6.99. The molecule has 1 N–H and O–H groups in total. The van der Waals surface area contributed by atoms with E-state index >= 15 is 0 Å². The van der Waals surface area contributed by atoms with Crippen molar-refractivity contribution in [1.29, 1.82) is 0 Å². The van der Waals surface area contributed by atoms with Crippen LogP contribution in [0.3, 0.4) is 0 Å². The van der Waals surface area contributed by atoms with Gasteiger partial charge in [0.05, 0.1) is 10.7 Å². The van der Waals surface area contributed by atoms with E-state index in [0.29, 0.717) is 28.2 Å². The number of carbonyl (C=O) groups excluding carboxylic acids is 1. The predicted molar refractivity (Wildman–Crippen MR) is 137 cm³/mol. The maximum absolute atomic E-state index is 13.6. The number of pyridine rings is 1. The summed E-state index contributed by atoms with van der Waals surface area (Å²) in [5.74, 6) is 0.344. The zero-order valence-corrected chi connectivity index (χ0v) is 20.8. The first-order chi connectivity index (χ1) is 16.4. The van der Waals surface area contributed by atoms with Gasteiger partial charge in [0.2, 0.25) is 0 Å². The zero-order chi connectivity index (χ0) is 25.1. The Balaban J connectivity index is 0.00000199. The summed E-state index contributed by atoms with van der Waals surface area (Å²) in [5, 5.41) is 2.85. The SMILES string of the molecule is C/C=C(\C=NC)c1cc(Oc2cccc(C(=O)NCc3ccc(Cl)c(F)c3)c2C)ccn1.CC. The summed E-state index contributed by atoms with van der Waals surface area (Å²) in [6, 6.07) is 13.3. The number of nitrogens with zero attached hydrogens (tertiary/aromatic N) is 2. The number of hydrogen-bond acceptors (Lipinski definition) is 4. The molecule has 178 valence electrons. The Morgan fingerprint density at radius 1 is 1.21 bits per heavy atom. The van der Waals surface area contributed by atoms with Gasteiger partial charge in [0.1, 0.15) is 17.3 Å². The van der Waals surface area contributed by atoms with Crippen molar-refractivity contribution in [3.8, 4) is 11.5 Å². The molecule has 0 radical (unpaired) electrons. The number of halogens is 2. The van der Waals surface area contributed by atoms with E-state index in [0.717, 1.165) is 11.3 Å². The summed E-state index contributed by atoms with van der Waals surface area (Å²) in [4.78, 5) is 21.1.